The van der Waals surface area contributed by atoms with Crippen LogP contribution in [0.25, 0.3) is 0 Å². The van der Waals surface area contributed by atoms with Crippen LogP contribution >= 0.6 is 23.2 Å². The maximum Gasteiger partial charge on any atom is 0.322 e. The first kappa shape index (κ1) is 12.5. The summed E-state index contributed by atoms with van der Waals surface area (Å²) < 4.78 is 5.17. The van der Waals surface area contributed by atoms with Gasteiger partial charge in [-0.15, -0.1) is 0 Å². The van der Waals surface area contributed by atoms with Crippen LogP contribution in [0.5, 0.6) is 0 Å². The summed E-state index contributed by atoms with van der Waals surface area (Å²) in [6, 6.07) is 4.79. The lowest BCUT2D eigenvalue weighted by atomic mass is 10.3. The van der Waals surface area contributed by atoms with Crippen molar-refractivity contribution in [3.63, 3.8) is 0 Å². The fourth-order valence-electron chi connectivity index (χ4n) is 1.55. The summed E-state index contributed by atoms with van der Waals surface area (Å²) in [5.41, 5.74) is 0.563. The van der Waals surface area contributed by atoms with Crippen molar-refractivity contribution in [2.75, 3.05) is 31.6 Å². The standard InChI is InChI=1S/C11H12Cl2N2O2/c12-8-1-2-10(9(13)7-8)14-11(16)15-3-5-17-6-4-15/h1-2,7H,3-6H2,(H,14,16). The van der Waals surface area contributed by atoms with E-state index in [-0.39, 0.29) is 6.03 Å². The van der Waals surface area contributed by atoms with E-state index in [9.17, 15) is 4.79 Å². The molecule has 1 heterocycles. The van der Waals surface area contributed by atoms with Crippen LogP contribution in [0.1, 0.15) is 0 Å². The van der Waals surface area contributed by atoms with E-state index in [2.05, 4.69) is 5.32 Å². The lowest BCUT2D eigenvalue weighted by Gasteiger charge is -2.27. The van der Waals surface area contributed by atoms with E-state index < -0.39 is 0 Å². The topological polar surface area (TPSA) is 41.6 Å². The molecule has 1 aliphatic rings. The number of benzene rings is 1. The Morgan fingerprint density at radius 3 is 2.65 bits per heavy atom. The first-order valence-corrected chi connectivity index (χ1v) is 6.01. The molecule has 1 aromatic carbocycles. The number of hydrogen-bond donors (Lipinski definition) is 1. The Kier molecular flexibility index (Phi) is 4.10. The van der Waals surface area contributed by atoms with Crippen molar-refractivity contribution in [1.82, 2.24) is 4.90 Å². The minimum atomic E-state index is -0.169. The Morgan fingerprint density at radius 2 is 2.00 bits per heavy atom. The maximum absolute atomic E-state index is 11.9. The molecule has 2 rings (SSSR count). The van der Waals surface area contributed by atoms with Crippen molar-refractivity contribution in [1.29, 1.82) is 0 Å². The number of carbonyl (C=O) groups is 1. The van der Waals surface area contributed by atoms with Crippen molar-refractivity contribution in [2.45, 2.75) is 0 Å². The highest BCUT2D eigenvalue weighted by molar-refractivity contribution is 6.36. The molecule has 1 saturated heterocycles. The molecule has 4 nitrogen and oxygen atoms in total. The molecule has 0 aromatic heterocycles. The number of ether oxygens (including phenoxy) is 1. The van der Waals surface area contributed by atoms with Gasteiger partial charge in [-0.1, -0.05) is 23.2 Å². The Morgan fingerprint density at radius 1 is 1.29 bits per heavy atom. The van der Waals surface area contributed by atoms with Gasteiger partial charge in [0.15, 0.2) is 0 Å². The van der Waals surface area contributed by atoms with Gasteiger partial charge in [0.25, 0.3) is 0 Å². The molecule has 0 saturated carbocycles. The largest absolute Gasteiger partial charge is 0.378 e. The molecular formula is C11H12Cl2N2O2. The summed E-state index contributed by atoms with van der Waals surface area (Å²) in [5.74, 6) is 0. The van der Waals surface area contributed by atoms with Gasteiger partial charge in [0.05, 0.1) is 23.9 Å². The summed E-state index contributed by atoms with van der Waals surface area (Å²) in [7, 11) is 0. The normalized spacial score (nSPS) is 15.8. The Balaban J connectivity index is 2.02. The highest BCUT2D eigenvalue weighted by Gasteiger charge is 2.17. The van der Waals surface area contributed by atoms with Crippen LogP contribution in [0, 0.1) is 0 Å². The SMILES string of the molecule is O=C(Nc1ccc(Cl)cc1Cl)N1CCOCC1. The number of nitrogens with one attached hydrogen (secondary N) is 1. The zero-order valence-corrected chi connectivity index (χ0v) is 10.6. The molecule has 0 bridgehead atoms. The van der Waals surface area contributed by atoms with Crippen LogP contribution in [0.2, 0.25) is 10.0 Å². The molecule has 0 atom stereocenters. The Hall–Kier alpha value is -0.970. The minimum Gasteiger partial charge on any atom is -0.378 e. The molecule has 0 spiro atoms. The number of hydrogen-bond acceptors (Lipinski definition) is 2. The summed E-state index contributed by atoms with van der Waals surface area (Å²) in [5, 5.41) is 3.72. The van der Waals surface area contributed by atoms with E-state index in [0.717, 1.165) is 0 Å². The quantitative estimate of drug-likeness (QED) is 0.856. The molecule has 2 amide bonds. The molecule has 17 heavy (non-hydrogen) atoms. The number of anilines is 1. The summed E-state index contributed by atoms with van der Waals surface area (Å²) in [6.45, 7) is 2.33. The van der Waals surface area contributed by atoms with Gasteiger partial charge in [0, 0.05) is 18.1 Å². The minimum absolute atomic E-state index is 0.169. The van der Waals surface area contributed by atoms with Crippen LogP contribution in [-0.4, -0.2) is 37.2 Å². The Labute approximate surface area is 109 Å². The van der Waals surface area contributed by atoms with Crippen LogP contribution in [0.15, 0.2) is 18.2 Å². The summed E-state index contributed by atoms with van der Waals surface area (Å²) in [6.07, 6.45) is 0. The van der Waals surface area contributed by atoms with Gasteiger partial charge in [-0.25, -0.2) is 4.79 Å². The summed E-state index contributed by atoms with van der Waals surface area (Å²) in [4.78, 5) is 13.6. The van der Waals surface area contributed by atoms with Gasteiger partial charge in [-0.05, 0) is 18.2 Å². The van der Waals surface area contributed by atoms with Crippen molar-refractivity contribution >= 4 is 34.9 Å². The van der Waals surface area contributed by atoms with Crippen LogP contribution in [0.4, 0.5) is 10.5 Å². The van der Waals surface area contributed by atoms with Gasteiger partial charge in [-0.3, -0.25) is 0 Å². The Bertz CT molecular complexity index is 420. The monoisotopic (exact) mass is 274 g/mol. The highest BCUT2D eigenvalue weighted by atomic mass is 35.5. The molecular weight excluding hydrogens is 263 g/mol. The highest BCUT2D eigenvalue weighted by Crippen LogP contribution is 2.25. The second-order valence-electron chi connectivity index (χ2n) is 3.65. The predicted octanol–water partition coefficient (Wildman–Crippen LogP) is 2.86. The predicted molar refractivity (Wildman–Crippen MR) is 67.9 cm³/mol. The zero-order valence-electron chi connectivity index (χ0n) is 9.08. The average molecular weight is 275 g/mol. The van der Waals surface area contributed by atoms with Crippen molar-refractivity contribution in [3.8, 4) is 0 Å². The van der Waals surface area contributed by atoms with Crippen molar-refractivity contribution in [2.24, 2.45) is 0 Å². The second kappa shape index (κ2) is 5.58. The molecule has 92 valence electrons. The van der Waals surface area contributed by atoms with Gasteiger partial charge < -0.3 is 15.0 Å². The number of rotatable bonds is 1. The summed E-state index contributed by atoms with van der Waals surface area (Å²) >= 11 is 11.7. The molecule has 1 aliphatic heterocycles. The lowest BCUT2D eigenvalue weighted by molar-refractivity contribution is 0.0564. The maximum atomic E-state index is 11.9. The first-order chi connectivity index (χ1) is 8.16. The van der Waals surface area contributed by atoms with E-state index in [1.807, 2.05) is 0 Å². The number of nitrogens with zero attached hydrogens (tertiary/aromatic N) is 1. The van der Waals surface area contributed by atoms with Gasteiger partial charge in [0.2, 0.25) is 0 Å². The number of urea groups is 1. The van der Waals surface area contributed by atoms with Crippen molar-refractivity contribution < 1.29 is 9.53 Å². The molecule has 0 aliphatic carbocycles. The molecule has 1 aromatic rings. The van der Waals surface area contributed by atoms with E-state index in [1.165, 1.54) is 0 Å². The van der Waals surface area contributed by atoms with Gasteiger partial charge in [-0.2, -0.15) is 0 Å². The van der Waals surface area contributed by atoms with Crippen molar-refractivity contribution in [3.05, 3.63) is 28.2 Å². The number of amides is 2. The first-order valence-electron chi connectivity index (χ1n) is 5.25. The lowest BCUT2D eigenvalue weighted by Crippen LogP contribution is -2.43. The number of carbonyl (C=O) groups excluding carboxylic acids is 1. The molecule has 1 N–H and O–H groups in total. The van der Waals surface area contributed by atoms with Gasteiger partial charge in [0.1, 0.15) is 0 Å². The fraction of sp³-hybridized carbons (Fsp3) is 0.364. The van der Waals surface area contributed by atoms with E-state index in [1.54, 1.807) is 23.1 Å². The fourth-order valence-corrected chi connectivity index (χ4v) is 2.01. The molecule has 1 fully saturated rings. The van der Waals surface area contributed by atoms with Crippen LogP contribution in [-0.2, 0) is 4.74 Å². The second-order valence-corrected chi connectivity index (χ2v) is 4.50. The van der Waals surface area contributed by atoms with Gasteiger partial charge >= 0.3 is 6.03 Å². The van der Waals surface area contributed by atoms with E-state index in [0.29, 0.717) is 42.0 Å². The van der Waals surface area contributed by atoms with Crippen LogP contribution < -0.4 is 5.32 Å². The van der Waals surface area contributed by atoms with Crippen LogP contribution in [0.3, 0.4) is 0 Å². The number of halogens is 2. The zero-order chi connectivity index (χ0) is 12.3. The third-order valence-electron chi connectivity index (χ3n) is 2.47. The molecule has 0 unspecified atom stereocenters. The average Bonchev–Trinajstić information content (AvgIpc) is 2.34. The smallest absolute Gasteiger partial charge is 0.322 e. The third kappa shape index (κ3) is 3.25. The molecule has 6 heteroatoms. The third-order valence-corrected chi connectivity index (χ3v) is 3.02. The van der Waals surface area contributed by atoms with E-state index >= 15 is 0 Å². The van der Waals surface area contributed by atoms with E-state index in [4.69, 9.17) is 27.9 Å². The number of morpholine rings is 1. The molecule has 0 radical (unpaired) electrons.